The molecule has 0 saturated carbocycles. The second-order valence-electron chi connectivity index (χ2n) is 4.94. The van der Waals surface area contributed by atoms with E-state index in [1.807, 2.05) is 24.3 Å². The first-order valence-electron chi connectivity index (χ1n) is 6.93. The minimum atomic E-state index is -0.333. The Balaban J connectivity index is 2.03. The topological polar surface area (TPSA) is 69.6 Å². The first kappa shape index (κ1) is 14.5. The summed E-state index contributed by atoms with van der Waals surface area (Å²) >= 11 is 0. The van der Waals surface area contributed by atoms with Gasteiger partial charge in [0.05, 0.1) is 12.5 Å². The van der Waals surface area contributed by atoms with Crippen molar-refractivity contribution in [3.63, 3.8) is 0 Å². The number of nitrogens with one attached hydrogen (secondary N) is 1. The van der Waals surface area contributed by atoms with E-state index in [9.17, 15) is 9.59 Å². The molecule has 0 bridgehead atoms. The van der Waals surface area contributed by atoms with Crippen LogP contribution in [0.1, 0.15) is 18.9 Å². The van der Waals surface area contributed by atoms with Gasteiger partial charge in [0, 0.05) is 25.2 Å². The highest BCUT2D eigenvalue weighted by Crippen LogP contribution is 2.25. The standard InChI is InChI=1S/C15H20N2O3/c1-2-11-3-5-13(6-4-11)17-10-12(9-14(17)19)15(20)16-7-8-18/h3-6,12,18H,2,7-10H2,1H3,(H,16,20). The molecule has 0 aromatic heterocycles. The summed E-state index contributed by atoms with van der Waals surface area (Å²) in [5.74, 6) is -0.529. The summed E-state index contributed by atoms with van der Waals surface area (Å²) in [5, 5.41) is 11.3. The second kappa shape index (κ2) is 6.52. The van der Waals surface area contributed by atoms with Gasteiger partial charge in [-0.15, -0.1) is 0 Å². The molecule has 1 aliphatic heterocycles. The van der Waals surface area contributed by atoms with E-state index >= 15 is 0 Å². The van der Waals surface area contributed by atoms with Gasteiger partial charge in [0.1, 0.15) is 0 Å². The zero-order valence-corrected chi connectivity index (χ0v) is 11.6. The Bertz CT molecular complexity index is 484. The summed E-state index contributed by atoms with van der Waals surface area (Å²) in [7, 11) is 0. The maximum atomic E-state index is 12.0. The molecule has 5 heteroatoms. The van der Waals surface area contributed by atoms with Crippen LogP contribution < -0.4 is 10.2 Å². The fourth-order valence-corrected chi connectivity index (χ4v) is 2.37. The van der Waals surface area contributed by atoms with Gasteiger partial charge in [-0.25, -0.2) is 0 Å². The lowest BCUT2D eigenvalue weighted by Crippen LogP contribution is -2.34. The first-order chi connectivity index (χ1) is 9.65. The predicted octanol–water partition coefficient (Wildman–Crippen LogP) is 0.710. The molecule has 1 unspecified atom stereocenters. The van der Waals surface area contributed by atoms with E-state index < -0.39 is 0 Å². The third-order valence-corrected chi connectivity index (χ3v) is 3.56. The molecule has 1 fully saturated rings. The highest BCUT2D eigenvalue weighted by atomic mass is 16.3. The molecule has 2 N–H and O–H groups in total. The van der Waals surface area contributed by atoms with Crippen LogP contribution in [0.4, 0.5) is 5.69 Å². The van der Waals surface area contributed by atoms with Crippen molar-refractivity contribution in [1.82, 2.24) is 5.32 Å². The van der Waals surface area contributed by atoms with Crippen molar-refractivity contribution < 1.29 is 14.7 Å². The Labute approximate surface area is 118 Å². The van der Waals surface area contributed by atoms with Gasteiger partial charge in [-0.05, 0) is 24.1 Å². The van der Waals surface area contributed by atoms with Crippen LogP contribution in [0.15, 0.2) is 24.3 Å². The quantitative estimate of drug-likeness (QED) is 0.832. The summed E-state index contributed by atoms with van der Waals surface area (Å²) < 4.78 is 0. The molecule has 5 nitrogen and oxygen atoms in total. The second-order valence-corrected chi connectivity index (χ2v) is 4.94. The molecule has 108 valence electrons. The molecule has 1 aromatic rings. The number of hydrogen-bond acceptors (Lipinski definition) is 3. The normalized spacial score (nSPS) is 18.4. The van der Waals surface area contributed by atoms with Crippen molar-refractivity contribution in [1.29, 1.82) is 0 Å². The Hall–Kier alpha value is -1.88. The Morgan fingerprint density at radius 2 is 2.10 bits per heavy atom. The third kappa shape index (κ3) is 3.17. The van der Waals surface area contributed by atoms with Crippen LogP contribution in [0, 0.1) is 5.92 Å². The van der Waals surface area contributed by atoms with Crippen LogP contribution >= 0.6 is 0 Å². The molecule has 1 saturated heterocycles. The highest BCUT2D eigenvalue weighted by Gasteiger charge is 2.34. The smallest absolute Gasteiger partial charge is 0.227 e. The minimum Gasteiger partial charge on any atom is -0.395 e. The average molecular weight is 276 g/mol. The van der Waals surface area contributed by atoms with Gasteiger partial charge >= 0.3 is 0 Å². The van der Waals surface area contributed by atoms with Crippen molar-refractivity contribution in [3.05, 3.63) is 29.8 Å². The van der Waals surface area contributed by atoms with Crippen LogP contribution in [0.25, 0.3) is 0 Å². The highest BCUT2D eigenvalue weighted by molar-refractivity contribution is 6.00. The monoisotopic (exact) mass is 276 g/mol. The van der Waals surface area contributed by atoms with Gasteiger partial charge in [0.15, 0.2) is 0 Å². The van der Waals surface area contributed by atoms with Crippen LogP contribution in [0.3, 0.4) is 0 Å². The van der Waals surface area contributed by atoms with Crippen molar-refractivity contribution in [2.45, 2.75) is 19.8 Å². The number of aliphatic hydroxyl groups is 1. The van der Waals surface area contributed by atoms with Crippen molar-refractivity contribution in [2.24, 2.45) is 5.92 Å². The molecule has 2 amide bonds. The molecule has 1 aromatic carbocycles. The van der Waals surface area contributed by atoms with Crippen LogP contribution in [-0.2, 0) is 16.0 Å². The maximum absolute atomic E-state index is 12.0. The van der Waals surface area contributed by atoms with Gasteiger partial charge in [-0.2, -0.15) is 0 Å². The molecule has 1 aliphatic rings. The van der Waals surface area contributed by atoms with Gasteiger partial charge in [-0.1, -0.05) is 19.1 Å². The van der Waals surface area contributed by atoms with E-state index in [1.165, 1.54) is 5.56 Å². The van der Waals surface area contributed by atoms with Gasteiger partial charge < -0.3 is 15.3 Å². The number of hydrogen-bond donors (Lipinski definition) is 2. The fraction of sp³-hybridized carbons (Fsp3) is 0.467. The van der Waals surface area contributed by atoms with Crippen molar-refractivity contribution >= 4 is 17.5 Å². The van der Waals surface area contributed by atoms with Crippen molar-refractivity contribution in [3.8, 4) is 0 Å². The number of rotatable bonds is 5. The van der Waals surface area contributed by atoms with E-state index in [-0.39, 0.29) is 37.3 Å². The van der Waals surface area contributed by atoms with E-state index in [0.717, 1.165) is 12.1 Å². The van der Waals surface area contributed by atoms with Gasteiger partial charge in [0.2, 0.25) is 11.8 Å². The molecule has 0 aliphatic carbocycles. The number of amides is 2. The predicted molar refractivity (Wildman–Crippen MR) is 76.4 cm³/mol. The lowest BCUT2D eigenvalue weighted by molar-refractivity contribution is -0.126. The third-order valence-electron chi connectivity index (χ3n) is 3.56. The van der Waals surface area contributed by atoms with E-state index in [0.29, 0.717) is 6.54 Å². The lowest BCUT2D eigenvalue weighted by Gasteiger charge is -2.17. The van der Waals surface area contributed by atoms with E-state index in [4.69, 9.17) is 5.11 Å². The van der Waals surface area contributed by atoms with Gasteiger partial charge in [-0.3, -0.25) is 9.59 Å². The number of benzene rings is 1. The van der Waals surface area contributed by atoms with Crippen LogP contribution in [-0.4, -0.2) is 36.6 Å². The number of aliphatic hydroxyl groups excluding tert-OH is 1. The fourth-order valence-electron chi connectivity index (χ4n) is 2.37. The molecule has 20 heavy (non-hydrogen) atoms. The molecule has 1 heterocycles. The number of carbonyl (C=O) groups excluding carboxylic acids is 2. The van der Waals surface area contributed by atoms with E-state index in [2.05, 4.69) is 12.2 Å². The molecule has 0 radical (unpaired) electrons. The maximum Gasteiger partial charge on any atom is 0.227 e. The summed E-state index contributed by atoms with van der Waals surface area (Å²) in [6.07, 6.45) is 1.19. The molecular formula is C15H20N2O3. The number of carbonyl (C=O) groups is 2. The zero-order chi connectivity index (χ0) is 14.5. The largest absolute Gasteiger partial charge is 0.395 e. The van der Waals surface area contributed by atoms with Crippen LogP contribution in [0.2, 0.25) is 0 Å². The Morgan fingerprint density at radius 1 is 1.40 bits per heavy atom. The number of anilines is 1. The summed E-state index contributed by atoms with van der Waals surface area (Å²) in [6, 6.07) is 7.85. The van der Waals surface area contributed by atoms with Crippen molar-refractivity contribution in [2.75, 3.05) is 24.6 Å². The Kier molecular flexibility index (Phi) is 4.74. The minimum absolute atomic E-state index is 0.0293. The lowest BCUT2D eigenvalue weighted by atomic mass is 10.1. The van der Waals surface area contributed by atoms with Gasteiger partial charge in [0.25, 0.3) is 0 Å². The van der Waals surface area contributed by atoms with E-state index in [1.54, 1.807) is 4.90 Å². The molecule has 1 atom stereocenters. The zero-order valence-electron chi connectivity index (χ0n) is 11.6. The number of nitrogens with zero attached hydrogens (tertiary/aromatic N) is 1. The average Bonchev–Trinajstić information content (AvgIpc) is 2.87. The first-order valence-corrected chi connectivity index (χ1v) is 6.93. The molecule has 0 spiro atoms. The SMILES string of the molecule is CCc1ccc(N2CC(C(=O)NCCO)CC2=O)cc1. The Morgan fingerprint density at radius 3 is 2.70 bits per heavy atom. The molecular weight excluding hydrogens is 256 g/mol. The summed E-state index contributed by atoms with van der Waals surface area (Å²) in [4.78, 5) is 25.5. The number of aryl methyl sites for hydroxylation is 1. The summed E-state index contributed by atoms with van der Waals surface area (Å²) in [5.41, 5.74) is 2.06. The van der Waals surface area contributed by atoms with Crippen LogP contribution in [0.5, 0.6) is 0 Å². The molecule has 2 rings (SSSR count). The summed E-state index contributed by atoms with van der Waals surface area (Å²) in [6.45, 7) is 2.63.